The Labute approximate surface area is 448 Å². The van der Waals surface area contributed by atoms with E-state index in [1.807, 2.05) is 255 Å². The first-order valence-electron chi connectivity index (χ1n) is 24.8. The summed E-state index contributed by atoms with van der Waals surface area (Å²) in [6.45, 7) is 28.0. The van der Waals surface area contributed by atoms with Crippen LogP contribution in [-0.2, 0) is 4.79 Å². The molecule has 8 rings (SSSR count). The molecule has 0 saturated carbocycles. The second-order valence-corrected chi connectivity index (χ2v) is 14.4. The Balaban J connectivity index is -0.000000824. The number of carbonyl (C=O) groups is 1. The van der Waals surface area contributed by atoms with Crippen LogP contribution in [0.25, 0.3) is 21.1 Å². The highest BCUT2D eigenvalue weighted by Crippen LogP contribution is 2.30. The van der Waals surface area contributed by atoms with E-state index in [9.17, 15) is 4.79 Å². The van der Waals surface area contributed by atoms with Crippen molar-refractivity contribution in [3.05, 3.63) is 198 Å². The summed E-state index contributed by atoms with van der Waals surface area (Å²) in [7, 11) is 2.04. The van der Waals surface area contributed by atoms with E-state index in [1.165, 1.54) is 5.56 Å². The van der Waals surface area contributed by atoms with E-state index < -0.39 is 0 Å². The maximum absolute atomic E-state index is 10.7. The molecule has 0 saturated heterocycles. The van der Waals surface area contributed by atoms with Gasteiger partial charge in [0.15, 0.2) is 0 Å². The molecule has 2 aromatic heterocycles. The number of thiazole rings is 2. The highest BCUT2D eigenvalue weighted by molar-refractivity contribution is 7.80. The fourth-order valence-electron chi connectivity index (χ4n) is 4.95. The van der Waals surface area contributed by atoms with Crippen molar-refractivity contribution in [2.75, 3.05) is 28.5 Å². The number of carbonyl (C=O) groups excluding carboxylic acids is 1. The third-order valence-corrected chi connectivity index (χ3v) is 10.1. The third-order valence-electron chi connectivity index (χ3n) is 7.81. The van der Waals surface area contributed by atoms with Gasteiger partial charge in [-0.2, -0.15) is 0 Å². The van der Waals surface area contributed by atoms with Crippen molar-refractivity contribution in [2.45, 2.75) is 96.9 Å². The van der Waals surface area contributed by atoms with Crippen molar-refractivity contribution < 1.29 is 4.79 Å². The van der Waals surface area contributed by atoms with Crippen LogP contribution in [0.5, 0.6) is 0 Å². The molecule has 6 aromatic carbocycles. The van der Waals surface area contributed by atoms with Crippen LogP contribution in [0, 0.1) is 0 Å². The number of rotatable bonds is 9. The molecular weight excluding hydrogens is 952 g/mol. The van der Waals surface area contributed by atoms with Crippen LogP contribution in [0.2, 0.25) is 0 Å². The van der Waals surface area contributed by atoms with Crippen LogP contribution in [0.4, 0.5) is 28.7 Å². The average Bonchev–Trinajstić information content (AvgIpc) is 4.18. The Morgan fingerprint density at radius 3 is 1.27 bits per heavy atom. The lowest BCUT2D eigenvalue weighted by Gasteiger charge is -2.15. The summed E-state index contributed by atoms with van der Waals surface area (Å²) in [5.41, 5.74) is 11.6. The second kappa shape index (κ2) is 48.8. The molecule has 71 heavy (non-hydrogen) atoms. The lowest BCUT2D eigenvalue weighted by Crippen LogP contribution is -2.12. The third kappa shape index (κ3) is 30.2. The van der Waals surface area contributed by atoms with Crippen molar-refractivity contribution in [3.63, 3.8) is 0 Å². The molecule has 0 aliphatic heterocycles. The van der Waals surface area contributed by atoms with Crippen LogP contribution >= 0.6 is 46.5 Å². The van der Waals surface area contributed by atoms with E-state index in [-0.39, 0.29) is 11.8 Å². The summed E-state index contributed by atoms with van der Waals surface area (Å²) in [5.74, 6) is 1.69. The molecule has 4 N–H and O–H groups in total. The highest BCUT2D eigenvalue weighted by atomic mass is 35.5. The van der Waals surface area contributed by atoms with Gasteiger partial charge in [-0.3, -0.25) is 4.79 Å². The predicted molar refractivity (Wildman–Crippen MR) is 327 cm³/mol. The number of nitrogens with zero attached hydrogens (tertiary/aromatic N) is 3. The number of thiocarbonyl (C=S) groups is 1. The molecule has 384 valence electrons. The first-order valence-corrected chi connectivity index (χ1v) is 27.5. The van der Waals surface area contributed by atoms with Gasteiger partial charge in [0.05, 0.1) is 0 Å². The minimum absolute atomic E-state index is 0.00507. The zero-order valence-electron chi connectivity index (χ0n) is 45.1. The maximum Gasteiger partial charge on any atom is 0.239 e. The van der Waals surface area contributed by atoms with Crippen molar-refractivity contribution in [3.8, 4) is 21.1 Å². The van der Waals surface area contributed by atoms with Crippen LogP contribution in [-0.4, -0.2) is 33.8 Å². The lowest BCUT2D eigenvalue weighted by atomic mass is 10.2. The number of amides is 1. The number of alkyl halides is 1. The highest BCUT2D eigenvalue weighted by Gasteiger charge is 2.09. The van der Waals surface area contributed by atoms with Gasteiger partial charge < -0.3 is 21.3 Å². The smallest absolute Gasteiger partial charge is 0.239 e. The topological polar surface area (TPSA) is 96.2 Å². The SMILES string of the molecule is CC.CC.CC.CC.CC.CC.CC.CN(c1ccccc1)c1csc(-c2ccccc2)n1.NC(=S)c1ccccc1.O=C(CCl)Nc1ccccc1.c1ccc(Nc2csc(-c3ccccc3)n2)cc1. The predicted octanol–water partition coefficient (Wildman–Crippen LogP) is 19.5. The molecular formula is C60H83ClN6OS3. The Bertz CT molecular complexity index is 2350. The number of para-hydroxylation sites is 3. The molecule has 2 heterocycles. The number of benzene rings is 6. The fraction of sp³-hybridized carbons (Fsp3) is 0.267. The lowest BCUT2D eigenvalue weighted by molar-refractivity contribution is -0.113. The van der Waals surface area contributed by atoms with Gasteiger partial charge in [0.1, 0.15) is 32.5 Å². The molecule has 0 fully saturated rings. The monoisotopic (exact) mass is 1030 g/mol. The van der Waals surface area contributed by atoms with E-state index in [0.29, 0.717) is 4.99 Å². The van der Waals surface area contributed by atoms with Gasteiger partial charge in [-0.05, 0) is 36.4 Å². The van der Waals surface area contributed by atoms with E-state index >= 15 is 0 Å². The summed E-state index contributed by atoms with van der Waals surface area (Å²) >= 11 is 13.4. The average molecular weight is 1040 g/mol. The summed E-state index contributed by atoms with van der Waals surface area (Å²) in [5, 5.41) is 12.1. The van der Waals surface area contributed by atoms with Gasteiger partial charge in [0, 0.05) is 51.6 Å². The van der Waals surface area contributed by atoms with Crippen molar-refractivity contribution in [1.82, 2.24) is 9.97 Å². The second-order valence-electron chi connectivity index (χ2n) is 11.9. The first kappa shape index (κ1) is 69.1. The fourth-order valence-corrected chi connectivity index (χ4v) is 6.76. The van der Waals surface area contributed by atoms with Gasteiger partial charge >= 0.3 is 0 Å². The molecule has 0 radical (unpaired) electrons. The summed E-state index contributed by atoms with van der Waals surface area (Å²) in [4.78, 5) is 22.6. The minimum Gasteiger partial charge on any atom is -0.389 e. The number of hydrogen-bond donors (Lipinski definition) is 3. The molecule has 7 nitrogen and oxygen atoms in total. The zero-order chi connectivity index (χ0) is 54.1. The van der Waals surface area contributed by atoms with Gasteiger partial charge in [-0.1, -0.05) is 255 Å². The molecule has 0 atom stereocenters. The number of aromatic nitrogens is 2. The summed E-state index contributed by atoms with van der Waals surface area (Å²) in [6.07, 6.45) is 0. The molecule has 0 bridgehead atoms. The Morgan fingerprint density at radius 2 is 0.873 bits per heavy atom. The van der Waals surface area contributed by atoms with Crippen LogP contribution in [0.1, 0.15) is 102 Å². The normalized spacial score (nSPS) is 8.51. The molecule has 11 heteroatoms. The Kier molecular flexibility index (Phi) is 47.5. The molecule has 0 aliphatic rings. The van der Waals surface area contributed by atoms with Crippen LogP contribution in [0.3, 0.4) is 0 Å². The number of nitrogens with one attached hydrogen (secondary N) is 2. The molecule has 8 aromatic rings. The van der Waals surface area contributed by atoms with E-state index in [4.69, 9.17) is 34.5 Å². The number of nitrogens with two attached hydrogens (primary N) is 1. The van der Waals surface area contributed by atoms with E-state index in [2.05, 4.69) is 62.3 Å². The molecule has 0 spiro atoms. The largest absolute Gasteiger partial charge is 0.389 e. The van der Waals surface area contributed by atoms with Gasteiger partial charge in [-0.15, -0.1) is 34.3 Å². The number of halogens is 1. The minimum atomic E-state index is -0.183. The van der Waals surface area contributed by atoms with Gasteiger partial charge in [-0.25, -0.2) is 9.97 Å². The molecule has 0 aliphatic carbocycles. The Hall–Kier alpha value is -6.17. The quantitative estimate of drug-likeness (QED) is 0.0979. The maximum atomic E-state index is 10.7. The molecule has 1 amide bonds. The number of anilines is 5. The van der Waals surface area contributed by atoms with E-state index in [0.717, 1.165) is 49.8 Å². The van der Waals surface area contributed by atoms with Crippen molar-refractivity contribution in [2.24, 2.45) is 5.73 Å². The van der Waals surface area contributed by atoms with Crippen LogP contribution < -0.4 is 21.3 Å². The standard InChI is InChI=1S/C16H14N2S.C15H12N2S.C8H8ClNO.C7H7NS.7C2H6/c1-18(14-10-6-3-7-11-14)15-12-19-16(17-15)13-8-4-2-5-9-13;1-3-7-12(8-4-1)15-17-14(11-18-15)16-13-9-5-2-6-10-13;9-6-8(11)10-7-4-2-1-3-5-7;8-7(9)6-4-2-1-3-5-6;7*1-2/h2-12H,1H3;1-11,16H;1-5H,6H2,(H,10,11);1-5H,(H2,8,9);7*1-2H3. The first-order chi connectivity index (χ1) is 34.9. The molecule has 0 unspecified atom stereocenters. The van der Waals surface area contributed by atoms with Gasteiger partial charge in [0.2, 0.25) is 5.91 Å². The summed E-state index contributed by atoms with van der Waals surface area (Å²) < 4.78 is 0. The van der Waals surface area contributed by atoms with Gasteiger partial charge in [0.25, 0.3) is 0 Å². The Morgan fingerprint density at radius 1 is 0.521 bits per heavy atom. The van der Waals surface area contributed by atoms with Crippen molar-refractivity contribution in [1.29, 1.82) is 0 Å². The van der Waals surface area contributed by atoms with E-state index in [1.54, 1.807) is 22.7 Å². The zero-order valence-corrected chi connectivity index (χ0v) is 48.3. The summed E-state index contributed by atoms with van der Waals surface area (Å²) in [6, 6.07) is 59.6. The van der Waals surface area contributed by atoms with Crippen LogP contribution in [0.15, 0.2) is 193 Å². The van der Waals surface area contributed by atoms with Crippen molar-refractivity contribution >= 4 is 86.1 Å². The number of hydrogen-bond acceptors (Lipinski definition) is 8.